The molecule has 2 heterocycles. The Morgan fingerprint density at radius 1 is 1.35 bits per heavy atom. The second-order valence-electron chi connectivity index (χ2n) is 4.68. The van der Waals surface area contributed by atoms with Crippen LogP contribution in [0.4, 0.5) is 5.82 Å². The fourth-order valence-corrected chi connectivity index (χ4v) is 2.70. The number of hydrogen-bond acceptors (Lipinski definition) is 4. The van der Waals surface area contributed by atoms with E-state index in [1.165, 1.54) is 0 Å². The number of aromatic nitrogens is 1. The van der Waals surface area contributed by atoms with Gasteiger partial charge < -0.3 is 15.1 Å². The Balaban J connectivity index is 1.92. The third kappa shape index (κ3) is 3.75. The van der Waals surface area contributed by atoms with Crippen molar-refractivity contribution in [3.8, 4) is 0 Å². The number of hydrogen-bond donors (Lipinski definition) is 1. The fraction of sp³-hybridized carbons (Fsp3) is 0.538. The number of anilines is 1. The first-order chi connectivity index (χ1) is 9.61. The molecule has 0 spiro atoms. The Kier molecular flexibility index (Phi) is 5.46. The van der Waals surface area contributed by atoms with Crippen LogP contribution in [0.2, 0.25) is 10.0 Å². The van der Waals surface area contributed by atoms with Crippen molar-refractivity contribution in [3.05, 3.63) is 22.3 Å². The number of carbonyl (C=O) groups is 1. The minimum atomic E-state index is 0.189. The van der Waals surface area contributed by atoms with E-state index in [9.17, 15) is 4.79 Å². The number of pyridine rings is 1. The van der Waals surface area contributed by atoms with Gasteiger partial charge in [0.2, 0.25) is 5.91 Å². The van der Waals surface area contributed by atoms with Gasteiger partial charge >= 0.3 is 0 Å². The summed E-state index contributed by atoms with van der Waals surface area (Å²) < 4.78 is 0. The molecule has 0 atom stereocenters. The quantitative estimate of drug-likeness (QED) is 0.917. The van der Waals surface area contributed by atoms with Gasteiger partial charge in [0.05, 0.1) is 10.0 Å². The van der Waals surface area contributed by atoms with Gasteiger partial charge in [-0.05, 0) is 13.1 Å². The first kappa shape index (κ1) is 15.4. The molecule has 0 saturated carbocycles. The maximum atomic E-state index is 11.9. The third-order valence-electron chi connectivity index (χ3n) is 3.31. The van der Waals surface area contributed by atoms with E-state index in [1.807, 2.05) is 11.9 Å². The van der Waals surface area contributed by atoms with Crippen molar-refractivity contribution < 1.29 is 4.79 Å². The summed E-state index contributed by atoms with van der Waals surface area (Å²) in [7, 11) is 1.85. The molecule has 0 aliphatic carbocycles. The first-order valence-corrected chi connectivity index (χ1v) is 7.36. The maximum absolute atomic E-state index is 11.9. The van der Waals surface area contributed by atoms with Crippen molar-refractivity contribution in [1.82, 2.24) is 15.2 Å². The van der Waals surface area contributed by atoms with E-state index in [-0.39, 0.29) is 5.91 Å². The minimum Gasteiger partial charge on any atom is -0.352 e. The highest BCUT2D eigenvalue weighted by atomic mass is 35.5. The Bertz CT molecular complexity index is 475. The van der Waals surface area contributed by atoms with Crippen LogP contribution in [0, 0.1) is 0 Å². The van der Waals surface area contributed by atoms with Gasteiger partial charge in [0, 0.05) is 45.3 Å². The van der Waals surface area contributed by atoms with Crippen LogP contribution in [0.1, 0.15) is 6.42 Å². The summed E-state index contributed by atoms with van der Waals surface area (Å²) in [6, 6.07) is 1.69. The Labute approximate surface area is 128 Å². The van der Waals surface area contributed by atoms with E-state index in [4.69, 9.17) is 23.2 Å². The van der Waals surface area contributed by atoms with Crippen LogP contribution in [-0.2, 0) is 4.79 Å². The van der Waals surface area contributed by atoms with E-state index in [0.29, 0.717) is 36.1 Å². The predicted molar refractivity (Wildman–Crippen MR) is 81.6 cm³/mol. The normalized spacial score (nSPS) is 15.6. The van der Waals surface area contributed by atoms with Crippen molar-refractivity contribution in [1.29, 1.82) is 0 Å². The van der Waals surface area contributed by atoms with E-state index in [1.54, 1.807) is 12.3 Å². The van der Waals surface area contributed by atoms with Gasteiger partial charge in [-0.1, -0.05) is 23.2 Å². The molecule has 110 valence electrons. The SMILES string of the molecule is CNCCC(=O)N1CCN(c2ncc(Cl)cc2Cl)CC1. The predicted octanol–water partition coefficient (Wildman–Crippen LogP) is 1.65. The maximum Gasteiger partial charge on any atom is 0.223 e. The molecule has 20 heavy (non-hydrogen) atoms. The number of halogens is 2. The van der Waals surface area contributed by atoms with E-state index in [0.717, 1.165) is 18.9 Å². The van der Waals surface area contributed by atoms with Gasteiger partial charge in [-0.3, -0.25) is 4.79 Å². The highest BCUT2D eigenvalue weighted by Crippen LogP contribution is 2.26. The van der Waals surface area contributed by atoms with Crippen molar-refractivity contribution >= 4 is 34.9 Å². The van der Waals surface area contributed by atoms with Crippen molar-refractivity contribution in [3.63, 3.8) is 0 Å². The lowest BCUT2D eigenvalue weighted by atomic mass is 10.2. The Morgan fingerprint density at radius 3 is 2.65 bits per heavy atom. The van der Waals surface area contributed by atoms with Gasteiger partial charge in [-0.15, -0.1) is 0 Å². The van der Waals surface area contributed by atoms with E-state index < -0.39 is 0 Å². The summed E-state index contributed by atoms with van der Waals surface area (Å²) in [6.45, 7) is 3.58. The lowest BCUT2D eigenvalue weighted by Crippen LogP contribution is -2.49. The molecule has 1 fully saturated rings. The lowest BCUT2D eigenvalue weighted by molar-refractivity contribution is -0.131. The average molecular weight is 317 g/mol. The molecule has 0 bridgehead atoms. The van der Waals surface area contributed by atoms with Gasteiger partial charge in [0.1, 0.15) is 5.82 Å². The molecule has 0 radical (unpaired) electrons. The number of nitrogens with zero attached hydrogens (tertiary/aromatic N) is 3. The van der Waals surface area contributed by atoms with Gasteiger partial charge in [-0.2, -0.15) is 0 Å². The zero-order valence-electron chi connectivity index (χ0n) is 11.4. The first-order valence-electron chi connectivity index (χ1n) is 6.60. The highest BCUT2D eigenvalue weighted by molar-refractivity contribution is 6.36. The summed E-state index contributed by atoms with van der Waals surface area (Å²) in [5, 5.41) is 4.06. The summed E-state index contributed by atoms with van der Waals surface area (Å²) in [4.78, 5) is 20.2. The second kappa shape index (κ2) is 7.11. The smallest absolute Gasteiger partial charge is 0.223 e. The molecule has 0 aromatic carbocycles. The highest BCUT2D eigenvalue weighted by Gasteiger charge is 2.22. The topological polar surface area (TPSA) is 48.5 Å². The molecule has 7 heteroatoms. The van der Waals surface area contributed by atoms with E-state index >= 15 is 0 Å². The molecular formula is C13H18Cl2N4O. The zero-order valence-corrected chi connectivity index (χ0v) is 12.9. The average Bonchev–Trinajstić information content (AvgIpc) is 2.45. The molecule has 1 aromatic heterocycles. The summed E-state index contributed by atoms with van der Waals surface area (Å²) in [5.74, 6) is 0.924. The number of amides is 1. The molecule has 1 N–H and O–H groups in total. The van der Waals surface area contributed by atoms with Crippen LogP contribution in [-0.4, -0.2) is 55.6 Å². The minimum absolute atomic E-state index is 0.189. The summed E-state index contributed by atoms with van der Waals surface area (Å²) in [6.07, 6.45) is 2.13. The van der Waals surface area contributed by atoms with Crippen LogP contribution in [0.5, 0.6) is 0 Å². The standard InChI is InChI=1S/C13H18Cl2N4O/c1-16-3-2-12(20)18-4-6-19(7-5-18)13-11(15)8-10(14)9-17-13/h8-9,16H,2-7H2,1H3. The third-order valence-corrected chi connectivity index (χ3v) is 3.79. The summed E-state index contributed by atoms with van der Waals surface area (Å²) in [5.41, 5.74) is 0. The molecule has 1 aliphatic heterocycles. The summed E-state index contributed by atoms with van der Waals surface area (Å²) >= 11 is 12.0. The molecule has 0 unspecified atom stereocenters. The van der Waals surface area contributed by atoms with Crippen LogP contribution < -0.4 is 10.2 Å². The Morgan fingerprint density at radius 2 is 2.05 bits per heavy atom. The van der Waals surface area contributed by atoms with Gasteiger partial charge in [0.15, 0.2) is 0 Å². The van der Waals surface area contributed by atoms with Crippen molar-refractivity contribution in [2.75, 3.05) is 44.7 Å². The number of carbonyl (C=O) groups excluding carboxylic acids is 1. The number of rotatable bonds is 4. The zero-order chi connectivity index (χ0) is 14.5. The number of nitrogens with one attached hydrogen (secondary N) is 1. The molecule has 1 amide bonds. The largest absolute Gasteiger partial charge is 0.352 e. The lowest BCUT2D eigenvalue weighted by Gasteiger charge is -2.35. The van der Waals surface area contributed by atoms with Crippen LogP contribution >= 0.6 is 23.2 Å². The fourth-order valence-electron chi connectivity index (χ4n) is 2.20. The number of piperazine rings is 1. The van der Waals surface area contributed by atoms with Crippen molar-refractivity contribution in [2.45, 2.75) is 6.42 Å². The van der Waals surface area contributed by atoms with Crippen LogP contribution in [0.3, 0.4) is 0 Å². The molecule has 2 rings (SSSR count). The van der Waals surface area contributed by atoms with Crippen LogP contribution in [0.25, 0.3) is 0 Å². The molecule has 5 nitrogen and oxygen atoms in total. The molecular weight excluding hydrogens is 299 g/mol. The van der Waals surface area contributed by atoms with E-state index in [2.05, 4.69) is 15.2 Å². The molecule has 1 aromatic rings. The van der Waals surface area contributed by atoms with Crippen molar-refractivity contribution in [2.24, 2.45) is 0 Å². The second-order valence-corrected chi connectivity index (χ2v) is 5.52. The Hall–Kier alpha value is -1.04. The van der Waals surface area contributed by atoms with Gasteiger partial charge in [-0.25, -0.2) is 4.98 Å². The van der Waals surface area contributed by atoms with Gasteiger partial charge in [0.25, 0.3) is 0 Å². The molecule has 1 saturated heterocycles. The monoisotopic (exact) mass is 316 g/mol. The van der Waals surface area contributed by atoms with Crippen LogP contribution in [0.15, 0.2) is 12.3 Å². The molecule has 1 aliphatic rings.